The summed E-state index contributed by atoms with van der Waals surface area (Å²) in [7, 11) is 2.07. The number of fused-ring (bicyclic) bond motifs is 1. The Kier molecular flexibility index (Phi) is 8.26. The van der Waals surface area contributed by atoms with E-state index in [0.717, 1.165) is 37.3 Å². The second kappa shape index (κ2) is 12.6. The standard InChI is InChI=1S/C32H31N7O5/c1-20-5-7-23(16-26(20)37-32-34-11-9-25(36-32)21-4-3-10-33-18-21)35-31(42)24-8-6-22(19-39-14-12-38(2)13-15-39)29-30(24)44-28(41)17-27(40)43-29/h3-11,16,18H,12-15,17,19H2,1-2H3,(H,35,42)(H,34,36,37). The average Bonchev–Trinajstić information content (AvgIpc) is 3.17. The number of nitrogens with one attached hydrogen (secondary N) is 2. The van der Waals surface area contributed by atoms with E-state index >= 15 is 0 Å². The van der Waals surface area contributed by atoms with E-state index in [-0.39, 0.29) is 17.1 Å². The molecule has 0 unspecified atom stereocenters. The van der Waals surface area contributed by atoms with Crippen molar-refractivity contribution in [2.75, 3.05) is 43.9 Å². The molecule has 1 fully saturated rings. The lowest BCUT2D eigenvalue weighted by molar-refractivity contribution is -0.142. The highest BCUT2D eigenvalue weighted by molar-refractivity contribution is 6.08. The van der Waals surface area contributed by atoms with E-state index in [1.54, 1.807) is 48.9 Å². The van der Waals surface area contributed by atoms with Crippen molar-refractivity contribution < 1.29 is 23.9 Å². The fourth-order valence-electron chi connectivity index (χ4n) is 5.03. The molecule has 12 heteroatoms. The van der Waals surface area contributed by atoms with Crippen molar-refractivity contribution in [3.8, 4) is 22.8 Å². The van der Waals surface area contributed by atoms with Gasteiger partial charge in [-0.25, -0.2) is 9.97 Å². The van der Waals surface area contributed by atoms with E-state index in [1.807, 2.05) is 25.1 Å². The van der Waals surface area contributed by atoms with E-state index in [1.165, 1.54) is 0 Å². The number of likely N-dealkylation sites (N-methyl/N-ethyl adjacent to an activating group) is 1. The number of aryl methyl sites for hydroxylation is 1. The molecule has 44 heavy (non-hydrogen) atoms. The van der Waals surface area contributed by atoms with Gasteiger partial charge in [-0.05, 0) is 55.9 Å². The van der Waals surface area contributed by atoms with Gasteiger partial charge in [0.2, 0.25) is 5.95 Å². The number of aromatic nitrogens is 3. The molecule has 12 nitrogen and oxygen atoms in total. The summed E-state index contributed by atoms with van der Waals surface area (Å²) in [6, 6.07) is 14.3. The predicted molar refractivity (Wildman–Crippen MR) is 163 cm³/mol. The zero-order valence-corrected chi connectivity index (χ0v) is 24.4. The zero-order valence-electron chi connectivity index (χ0n) is 24.4. The minimum atomic E-state index is -0.783. The highest BCUT2D eigenvalue weighted by Crippen LogP contribution is 2.39. The van der Waals surface area contributed by atoms with Gasteiger partial charge in [0.15, 0.2) is 11.5 Å². The number of hydrogen-bond acceptors (Lipinski definition) is 11. The number of amides is 1. The molecule has 224 valence electrons. The first-order valence-corrected chi connectivity index (χ1v) is 14.2. The molecule has 1 saturated heterocycles. The van der Waals surface area contributed by atoms with Gasteiger partial charge in [-0.1, -0.05) is 12.1 Å². The first kappa shape index (κ1) is 28.9. The van der Waals surface area contributed by atoms with E-state index in [4.69, 9.17) is 9.47 Å². The fourth-order valence-corrected chi connectivity index (χ4v) is 5.03. The number of carbonyl (C=O) groups is 3. The maximum absolute atomic E-state index is 13.6. The minimum Gasteiger partial charge on any atom is -0.422 e. The predicted octanol–water partition coefficient (Wildman–Crippen LogP) is 3.80. The quantitative estimate of drug-likeness (QED) is 0.184. The number of rotatable bonds is 7. The molecular weight excluding hydrogens is 562 g/mol. The third-order valence-corrected chi connectivity index (χ3v) is 7.50. The van der Waals surface area contributed by atoms with Crippen LogP contribution in [0.25, 0.3) is 11.3 Å². The number of benzene rings is 2. The number of nitrogens with zero attached hydrogens (tertiary/aromatic N) is 5. The Morgan fingerprint density at radius 3 is 2.52 bits per heavy atom. The number of hydrogen-bond donors (Lipinski definition) is 2. The fraction of sp³-hybridized carbons (Fsp3) is 0.250. The van der Waals surface area contributed by atoms with Crippen molar-refractivity contribution in [1.29, 1.82) is 0 Å². The van der Waals surface area contributed by atoms with Gasteiger partial charge >= 0.3 is 11.9 Å². The molecular formula is C32H31N7O5. The van der Waals surface area contributed by atoms with E-state index < -0.39 is 24.3 Å². The summed E-state index contributed by atoms with van der Waals surface area (Å²) >= 11 is 0. The Bertz CT molecular complexity index is 1720. The molecule has 2 aromatic carbocycles. The van der Waals surface area contributed by atoms with Crippen molar-refractivity contribution in [1.82, 2.24) is 24.8 Å². The number of ether oxygens (including phenoxy) is 2. The third kappa shape index (κ3) is 6.56. The lowest BCUT2D eigenvalue weighted by Crippen LogP contribution is -2.43. The van der Waals surface area contributed by atoms with Crippen LogP contribution in [-0.4, -0.2) is 75.8 Å². The lowest BCUT2D eigenvalue weighted by atomic mass is 10.1. The van der Waals surface area contributed by atoms with Gasteiger partial charge < -0.3 is 25.0 Å². The van der Waals surface area contributed by atoms with Crippen LogP contribution in [0.15, 0.2) is 67.1 Å². The van der Waals surface area contributed by atoms with Gasteiger partial charge in [0.25, 0.3) is 5.91 Å². The smallest absolute Gasteiger partial charge is 0.322 e. The van der Waals surface area contributed by atoms with Gasteiger partial charge in [-0.2, -0.15) is 0 Å². The van der Waals surface area contributed by atoms with Crippen LogP contribution < -0.4 is 20.1 Å². The van der Waals surface area contributed by atoms with Crippen LogP contribution in [-0.2, 0) is 16.1 Å². The van der Waals surface area contributed by atoms with Crippen LogP contribution in [0.2, 0.25) is 0 Å². The number of anilines is 3. The summed E-state index contributed by atoms with van der Waals surface area (Å²) in [6.07, 6.45) is 4.54. The Morgan fingerprint density at radius 2 is 1.75 bits per heavy atom. The van der Waals surface area contributed by atoms with Crippen LogP contribution in [0, 0.1) is 6.92 Å². The van der Waals surface area contributed by atoms with Crippen molar-refractivity contribution in [2.45, 2.75) is 19.9 Å². The maximum atomic E-state index is 13.6. The van der Waals surface area contributed by atoms with Gasteiger partial charge in [0.1, 0.15) is 6.42 Å². The lowest BCUT2D eigenvalue weighted by Gasteiger charge is -2.32. The molecule has 6 rings (SSSR count). The van der Waals surface area contributed by atoms with Crippen molar-refractivity contribution in [3.05, 3.63) is 83.8 Å². The minimum absolute atomic E-state index is 0.0592. The topological polar surface area (TPSA) is 139 Å². The Morgan fingerprint density at radius 1 is 0.955 bits per heavy atom. The highest BCUT2D eigenvalue weighted by Gasteiger charge is 2.30. The number of pyridine rings is 1. The number of piperazine rings is 1. The molecule has 4 heterocycles. The highest BCUT2D eigenvalue weighted by atomic mass is 16.6. The average molecular weight is 594 g/mol. The first-order valence-electron chi connectivity index (χ1n) is 14.2. The summed E-state index contributed by atoms with van der Waals surface area (Å²) in [6.45, 7) is 5.90. The van der Waals surface area contributed by atoms with E-state index in [2.05, 4.69) is 42.4 Å². The molecule has 1 amide bonds. The van der Waals surface area contributed by atoms with Crippen LogP contribution >= 0.6 is 0 Å². The molecule has 0 atom stereocenters. The molecule has 0 radical (unpaired) electrons. The maximum Gasteiger partial charge on any atom is 0.322 e. The van der Waals surface area contributed by atoms with Crippen LogP contribution in [0.3, 0.4) is 0 Å². The second-order valence-electron chi connectivity index (χ2n) is 10.8. The molecule has 0 saturated carbocycles. The summed E-state index contributed by atoms with van der Waals surface area (Å²) in [5.74, 6) is -1.61. The molecule has 2 aromatic heterocycles. The molecule has 0 aliphatic carbocycles. The monoisotopic (exact) mass is 593 g/mol. The summed E-state index contributed by atoms with van der Waals surface area (Å²) in [4.78, 5) is 55.9. The van der Waals surface area contributed by atoms with E-state index in [9.17, 15) is 14.4 Å². The van der Waals surface area contributed by atoms with Gasteiger partial charge in [-0.3, -0.25) is 24.3 Å². The Labute approximate surface area is 254 Å². The van der Waals surface area contributed by atoms with Crippen molar-refractivity contribution >= 4 is 35.2 Å². The Hall–Kier alpha value is -5.20. The molecule has 2 N–H and O–H groups in total. The van der Waals surface area contributed by atoms with Crippen LogP contribution in [0.4, 0.5) is 17.3 Å². The second-order valence-corrected chi connectivity index (χ2v) is 10.8. The Balaban J connectivity index is 1.24. The van der Waals surface area contributed by atoms with E-state index in [0.29, 0.717) is 35.1 Å². The largest absolute Gasteiger partial charge is 0.422 e. The van der Waals surface area contributed by atoms with Crippen LogP contribution in [0.5, 0.6) is 11.5 Å². The zero-order chi connectivity index (χ0) is 30.6. The van der Waals surface area contributed by atoms with Gasteiger partial charge in [-0.15, -0.1) is 0 Å². The molecule has 4 aromatic rings. The normalized spacial score (nSPS) is 15.5. The molecule has 0 bridgehead atoms. The van der Waals surface area contributed by atoms with Crippen molar-refractivity contribution in [2.24, 2.45) is 0 Å². The molecule has 2 aliphatic heterocycles. The molecule has 2 aliphatic rings. The van der Waals surface area contributed by atoms with Gasteiger partial charge in [0.05, 0.1) is 11.3 Å². The summed E-state index contributed by atoms with van der Waals surface area (Å²) in [5.41, 5.74) is 4.39. The summed E-state index contributed by atoms with van der Waals surface area (Å²) in [5, 5.41) is 6.10. The van der Waals surface area contributed by atoms with Crippen LogP contribution in [0.1, 0.15) is 27.9 Å². The molecule has 0 spiro atoms. The SMILES string of the molecule is Cc1ccc(NC(=O)c2ccc(CN3CCN(C)CC3)c3c2OC(=O)CC(=O)O3)cc1Nc1nccc(-c2cccnc2)n1. The summed E-state index contributed by atoms with van der Waals surface area (Å²) < 4.78 is 11.1. The number of esters is 2. The number of carbonyl (C=O) groups excluding carboxylic acids is 3. The third-order valence-electron chi connectivity index (χ3n) is 7.50. The first-order chi connectivity index (χ1) is 21.3. The van der Waals surface area contributed by atoms with Crippen molar-refractivity contribution in [3.63, 3.8) is 0 Å². The van der Waals surface area contributed by atoms with Gasteiger partial charge in [0, 0.05) is 73.8 Å².